The molecule has 4 aromatic rings. The molecule has 1 amide bonds. The number of anilines is 1. The zero-order valence-electron chi connectivity index (χ0n) is 23.5. The van der Waals surface area contributed by atoms with Crippen molar-refractivity contribution >= 4 is 29.0 Å². The number of nitrogens with zero attached hydrogens (tertiary/aromatic N) is 2. The molecule has 0 saturated carbocycles. The molecule has 0 aliphatic carbocycles. The maximum absolute atomic E-state index is 12.7. The van der Waals surface area contributed by atoms with E-state index in [2.05, 4.69) is 0 Å². The highest BCUT2D eigenvalue weighted by atomic mass is 16.6. The molecule has 5 rings (SSSR count). The Balaban J connectivity index is 1.11. The Morgan fingerprint density at radius 3 is 1.98 bits per heavy atom. The first kappa shape index (κ1) is 29.0. The first-order chi connectivity index (χ1) is 20.7. The minimum Gasteiger partial charge on any atom is -0.457 e. The number of carbonyl (C=O) groups excluding carboxylic acids is 3. The van der Waals surface area contributed by atoms with E-state index in [-0.39, 0.29) is 24.6 Å². The summed E-state index contributed by atoms with van der Waals surface area (Å²) in [6.45, 7) is 3.74. The van der Waals surface area contributed by atoms with Crippen molar-refractivity contribution in [1.29, 1.82) is 0 Å². The summed E-state index contributed by atoms with van der Waals surface area (Å²) < 4.78 is 16.8. The molecule has 0 unspecified atom stereocenters. The molecule has 1 atom stereocenters. The van der Waals surface area contributed by atoms with Gasteiger partial charge in [0.15, 0.2) is 12.4 Å². The molecule has 1 aliphatic heterocycles. The van der Waals surface area contributed by atoms with Gasteiger partial charge in [0.1, 0.15) is 23.0 Å². The van der Waals surface area contributed by atoms with Gasteiger partial charge in [0.05, 0.1) is 10.8 Å². The molecule has 218 valence electrons. The van der Waals surface area contributed by atoms with E-state index in [1.54, 1.807) is 36.4 Å². The van der Waals surface area contributed by atoms with Crippen molar-refractivity contribution in [3.8, 4) is 23.0 Å². The van der Waals surface area contributed by atoms with E-state index in [1.807, 2.05) is 32.0 Å². The number of hydrogen-bond acceptors (Lipinski definition) is 8. The highest BCUT2D eigenvalue weighted by Crippen LogP contribution is 2.30. The third-order valence-electron chi connectivity index (χ3n) is 7.13. The first-order valence-electron chi connectivity index (χ1n) is 13.5. The van der Waals surface area contributed by atoms with E-state index >= 15 is 0 Å². The SMILES string of the molecule is Cc1ccc(Oc2ccc(N3C[C@@H](C(=O)OCC(=O)c4ccc(Oc5ccc([N+](=O)[O-])cc5)cc4)CC3=O)cc2)cc1C. The van der Waals surface area contributed by atoms with Crippen molar-refractivity contribution in [2.45, 2.75) is 20.3 Å². The number of Topliss-reactive ketones (excluding diaryl/α,β-unsaturated/α-hetero) is 1. The number of amides is 1. The van der Waals surface area contributed by atoms with Gasteiger partial charge < -0.3 is 19.1 Å². The number of rotatable bonds is 10. The van der Waals surface area contributed by atoms with Crippen molar-refractivity contribution in [3.63, 3.8) is 0 Å². The predicted molar refractivity (Wildman–Crippen MR) is 158 cm³/mol. The fourth-order valence-corrected chi connectivity index (χ4v) is 4.54. The Labute approximate surface area is 247 Å². The van der Waals surface area contributed by atoms with Crippen LogP contribution in [0.3, 0.4) is 0 Å². The highest BCUT2D eigenvalue weighted by molar-refractivity contribution is 6.01. The third-order valence-corrected chi connectivity index (χ3v) is 7.13. The topological polar surface area (TPSA) is 125 Å². The summed E-state index contributed by atoms with van der Waals surface area (Å²) in [5, 5.41) is 10.8. The summed E-state index contributed by atoms with van der Waals surface area (Å²) >= 11 is 0. The Hall–Kier alpha value is -5.51. The normalized spacial score (nSPS) is 14.3. The maximum atomic E-state index is 12.7. The lowest BCUT2D eigenvalue weighted by molar-refractivity contribution is -0.384. The van der Waals surface area contributed by atoms with Gasteiger partial charge in [-0.05, 0) is 97.8 Å². The number of non-ortho nitro benzene ring substituents is 1. The molecule has 43 heavy (non-hydrogen) atoms. The smallest absolute Gasteiger partial charge is 0.311 e. The summed E-state index contributed by atoms with van der Waals surface area (Å²) in [4.78, 5) is 49.8. The number of carbonyl (C=O) groups is 3. The predicted octanol–water partition coefficient (Wildman–Crippen LogP) is 6.58. The number of nitro benzene ring substituents is 1. The van der Waals surface area contributed by atoms with Gasteiger partial charge in [-0.25, -0.2) is 0 Å². The number of esters is 1. The second-order valence-electron chi connectivity index (χ2n) is 10.2. The fourth-order valence-electron chi connectivity index (χ4n) is 4.54. The zero-order chi connectivity index (χ0) is 30.5. The molecule has 0 bridgehead atoms. The Kier molecular flexibility index (Phi) is 8.47. The molecule has 4 aromatic carbocycles. The van der Waals surface area contributed by atoms with E-state index in [4.69, 9.17) is 14.2 Å². The van der Waals surface area contributed by atoms with Crippen LogP contribution >= 0.6 is 0 Å². The molecule has 0 aromatic heterocycles. The zero-order valence-corrected chi connectivity index (χ0v) is 23.5. The van der Waals surface area contributed by atoms with Gasteiger partial charge in [0, 0.05) is 36.3 Å². The molecule has 1 saturated heterocycles. The molecule has 1 fully saturated rings. The maximum Gasteiger partial charge on any atom is 0.311 e. The van der Waals surface area contributed by atoms with Gasteiger partial charge >= 0.3 is 5.97 Å². The van der Waals surface area contributed by atoms with Crippen LogP contribution in [-0.4, -0.2) is 35.7 Å². The van der Waals surface area contributed by atoms with Crippen LogP contribution < -0.4 is 14.4 Å². The lowest BCUT2D eigenvalue weighted by Gasteiger charge is -2.17. The highest BCUT2D eigenvalue weighted by Gasteiger charge is 2.36. The van der Waals surface area contributed by atoms with Crippen LogP contribution in [0.2, 0.25) is 0 Å². The molecule has 1 aliphatic rings. The first-order valence-corrected chi connectivity index (χ1v) is 13.5. The van der Waals surface area contributed by atoms with Crippen molar-refractivity contribution in [1.82, 2.24) is 0 Å². The van der Waals surface area contributed by atoms with Gasteiger partial charge in [-0.2, -0.15) is 0 Å². The second-order valence-corrected chi connectivity index (χ2v) is 10.2. The molecule has 1 heterocycles. The minimum absolute atomic E-state index is 0.0113. The van der Waals surface area contributed by atoms with Crippen LogP contribution in [0.1, 0.15) is 27.9 Å². The Morgan fingerprint density at radius 1 is 0.814 bits per heavy atom. The molecule has 10 heteroatoms. The van der Waals surface area contributed by atoms with Crippen LogP contribution in [0.15, 0.2) is 91.0 Å². The Bertz CT molecular complexity index is 1670. The fraction of sp³-hybridized carbons (Fsp3) is 0.182. The van der Waals surface area contributed by atoms with Crippen molar-refractivity contribution in [2.24, 2.45) is 5.92 Å². The van der Waals surface area contributed by atoms with Crippen molar-refractivity contribution in [3.05, 3.63) is 118 Å². The second kappa shape index (κ2) is 12.6. The molecule has 0 spiro atoms. The lowest BCUT2D eigenvalue weighted by atomic mass is 10.1. The van der Waals surface area contributed by atoms with Gasteiger partial charge in [0.25, 0.3) is 5.69 Å². The summed E-state index contributed by atoms with van der Waals surface area (Å²) in [5.74, 6) is 0.255. The van der Waals surface area contributed by atoms with E-state index in [0.29, 0.717) is 28.5 Å². The van der Waals surface area contributed by atoms with E-state index in [1.165, 1.54) is 46.9 Å². The molecule has 0 radical (unpaired) electrons. The van der Waals surface area contributed by atoms with E-state index in [0.717, 1.165) is 11.3 Å². The molecular formula is C33H28N2O8. The van der Waals surface area contributed by atoms with Crippen LogP contribution in [-0.2, 0) is 14.3 Å². The van der Waals surface area contributed by atoms with Crippen LogP contribution in [0.4, 0.5) is 11.4 Å². The summed E-state index contributed by atoms with van der Waals surface area (Å²) in [6, 6.07) is 24.7. The van der Waals surface area contributed by atoms with Crippen LogP contribution in [0, 0.1) is 29.9 Å². The molecular weight excluding hydrogens is 552 g/mol. The van der Waals surface area contributed by atoms with Crippen LogP contribution in [0.5, 0.6) is 23.0 Å². The monoisotopic (exact) mass is 580 g/mol. The third kappa shape index (κ3) is 7.05. The average molecular weight is 581 g/mol. The van der Waals surface area contributed by atoms with Crippen molar-refractivity contribution < 1.29 is 33.5 Å². The van der Waals surface area contributed by atoms with Crippen molar-refractivity contribution in [2.75, 3.05) is 18.1 Å². The number of ketones is 1. The van der Waals surface area contributed by atoms with Gasteiger partial charge in [-0.3, -0.25) is 24.5 Å². The van der Waals surface area contributed by atoms with Gasteiger partial charge in [0.2, 0.25) is 5.91 Å². The van der Waals surface area contributed by atoms with E-state index in [9.17, 15) is 24.5 Å². The standard InChI is InChI=1S/C33H28N2O8/c1-21-3-10-30(17-22(21)2)43-29-13-6-25(7-14-29)34-19-24(18-32(34)37)33(38)41-20-31(36)23-4-11-27(12-5-23)42-28-15-8-26(9-16-28)35(39)40/h3-17,24H,18-20H2,1-2H3/t24-/m0/s1. The Morgan fingerprint density at radius 2 is 1.37 bits per heavy atom. The quantitative estimate of drug-likeness (QED) is 0.0892. The number of hydrogen-bond donors (Lipinski definition) is 0. The van der Waals surface area contributed by atoms with Gasteiger partial charge in [-0.15, -0.1) is 0 Å². The van der Waals surface area contributed by atoms with Gasteiger partial charge in [-0.1, -0.05) is 6.07 Å². The summed E-state index contributed by atoms with van der Waals surface area (Å²) in [7, 11) is 0. The number of aryl methyl sites for hydroxylation is 2. The lowest BCUT2D eigenvalue weighted by Crippen LogP contribution is -2.27. The number of ether oxygens (including phenoxy) is 3. The van der Waals surface area contributed by atoms with E-state index < -0.39 is 29.2 Å². The summed E-state index contributed by atoms with van der Waals surface area (Å²) in [5.41, 5.74) is 3.21. The minimum atomic E-state index is -0.691. The largest absolute Gasteiger partial charge is 0.457 e. The summed E-state index contributed by atoms with van der Waals surface area (Å²) in [6.07, 6.45) is -0.0113. The molecule has 0 N–H and O–H groups in total. The average Bonchev–Trinajstić information content (AvgIpc) is 3.40. The number of benzene rings is 4. The molecule has 10 nitrogen and oxygen atoms in total. The number of nitro groups is 1. The van der Waals surface area contributed by atoms with Crippen LogP contribution in [0.25, 0.3) is 0 Å².